The molecule has 0 aliphatic heterocycles. The predicted octanol–water partition coefficient (Wildman–Crippen LogP) is 2.84. The van der Waals surface area contributed by atoms with E-state index in [-0.39, 0.29) is 6.61 Å². The van der Waals surface area contributed by atoms with Crippen molar-refractivity contribution in [2.75, 3.05) is 27.3 Å². The minimum Gasteiger partial charge on any atom is -0.465 e. The normalized spacial score (nSPS) is 11.5. The fraction of sp³-hybridized carbons (Fsp3) is 0.250. The Morgan fingerprint density at radius 1 is 1.00 bits per heavy atom. The number of ether oxygens (including phenoxy) is 3. The summed E-state index contributed by atoms with van der Waals surface area (Å²) in [5, 5.41) is 1.31. The Kier molecular flexibility index (Phi) is 9.79. The van der Waals surface area contributed by atoms with Crippen LogP contribution in [-0.4, -0.2) is 49.3 Å². The molecule has 9 heteroatoms. The number of likely N-dealkylation sites (N-methyl/N-ethyl adjacent to an activating group) is 1. The fourth-order valence-electron chi connectivity index (χ4n) is 2.77. The van der Waals surface area contributed by atoms with Gasteiger partial charge in [-0.25, -0.2) is 15.4 Å². The van der Waals surface area contributed by atoms with Crippen molar-refractivity contribution in [1.82, 2.24) is 9.91 Å². The lowest BCUT2D eigenvalue weighted by Crippen LogP contribution is -2.33. The van der Waals surface area contributed by atoms with Crippen LogP contribution in [0.3, 0.4) is 0 Å². The maximum Gasteiger partial charge on any atom is 0.410 e. The zero-order valence-corrected chi connectivity index (χ0v) is 19.1. The Balaban J connectivity index is 2.01. The van der Waals surface area contributed by atoms with Gasteiger partial charge in [0.25, 0.3) is 0 Å². The number of hydrogen-bond acceptors (Lipinski definition) is 8. The zero-order chi connectivity index (χ0) is 24.2. The summed E-state index contributed by atoms with van der Waals surface area (Å²) in [6.45, 7) is 2.33. The molecule has 2 aromatic rings. The molecule has 0 spiro atoms. The highest BCUT2D eigenvalue weighted by molar-refractivity contribution is 5.81. The molecule has 4 N–H and O–H groups in total. The number of esters is 1. The van der Waals surface area contributed by atoms with Gasteiger partial charge in [-0.2, -0.15) is 0 Å². The number of carbonyl (C=O) groups is 2. The first-order valence-electron chi connectivity index (χ1n) is 10.3. The average Bonchev–Trinajstić information content (AvgIpc) is 2.80. The highest BCUT2D eigenvalue weighted by Gasteiger charge is 2.15. The number of rotatable bonds is 10. The van der Waals surface area contributed by atoms with Gasteiger partial charge in [-0.15, -0.1) is 0 Å². The second-order valence-electron chi connectivity index (χ2n) is 7.06. The molecule has 9 nitrogen and oxygen atoms in total. The topological polar surface area (TPSA) is 120 Å². The Morgan fingerprint density at radius 2 is 1.67 bits per heavy atom. The summed E-state index contributed by atoms with van der Waals surface area (Å²) in [6, 6.07) is 16.4. The molecule has 0 aliphatic carbocycles. The van der Waals surface area contributed by atoms with E-state index in [0.29, 0.717) is 35.9 Å². The molecule has 0 aromatic heterocycles. The lowest BCUT2D eigenvalue weighted by Gasteiger charge is -2.22. The molecule has 0 saturated heterocycles. The summed E-state index contributed by atoms with van der Waals surface area (Å²) in [5.74, 6) is 5.94. The Labute approximate surface area is 193 Å². The lowest BCUT2D eigenvalue weighted by molar-refractivity contribution is -0.137. The van der Waals surface area contributed by atoms with Crippen LogP contribution in [0.15, 0.2) is 72.6 Å². The van der Waals surface area contributed by atoms with Gasteiger partial charge < -0.3 is 29.9 Å². The minimum atomic E-state index is -0.497. The van der Waals surface area contributed by atoms with Gasteiger partial charge in [-0.1, -0.05) is 30.3 Å². The molecule has 33 heavy (non-hydrogen) atoms. The summed E-state index contributed by atoms with van der Waals surface area (Å²) >= 11 is 0. The van der Waals surface area contributed by atoms with Gasteiger partial charge in [0.15, 0.2) is 0 Å². The molecule has 0 unspecified atom stereocenters. The number of nitrogens with two attached hydrogens (primary N) is 2. The first kappa shape index (κ1) is 25.3. The number of benzene rings is 2. The molecule has 0 heterocycles. The van der Waals surface area contributed by atoms with Crippen molar-refractivity contribution in [2.24, 2.45) is 11.6 Å². The average molecular weight is 455 g/mol. The number of amides is 1. The second kappa shape index (κ2) is 12.8. The van der Waals surface area contributed by atoms with Crippen LogP contribution in [0.5, 0.6) is 5.75 Å². The highest BCUT2D eigenvalue weighted by Crippen LogP contribution is 2.19. The van der Waals surface area contributed by atoms with E-state index >= 15 is 0 Å². The van der Waals surface area contributed by atoms with Crippen molar-refractivity contribution < 1.29 is 23.8 Å². The second-order valence-corrected chi connectivity index (χ2v) is 7.06. The maximum absolute atomic E-state index is 12.4. The molecule has 0 bridgehead atoms. The summed E-state index contributed by atoms with van der Waals surface area (Å²) < 4.78 is 15.6. The van der Waals surface area contributed by atoms with Crippen LogP contribution in [0.25, 0.3) is 5.70 Å². The van der Waals surface area contributed by atoms with Crippen molar-refractivity contribution in [3.63, 3.8) is 0 Å². The quantitative estimate of drug-likeness (QED) is 0.185. The third-order valence-corrected chi connectivity index (χ3v) is 4.50. The Morgan fingerprint density at radius 3 is 2.27 bits per heavy atom. The Hall–Kier alpha value is -3.98. The Bertz CT molecular complexity index is 972. The summed E-state index contributed by atoms with van der Waals surface area (Å²) in [5.41, 5.74) is 8.73. The van der Waals surface area contributed by atoms with Crippen LogP contribution >= 0.6 is 0 Å². The molecular formula is C24H30N4O5. The summed E-state index contributed by atoms with van der Waals surface area (Å²) in [7, 11) is 3.27. The number of carbonyl (C=O) groups excluding carboxylic acids is 2. The van der Waals surface area contributed by atoms with E-state index < -0.39 is 12.1 Å². The summed E-state index contributed by atoms with van der Waals surface area (Å²) in [6.07, 6.45) is 1.94. The molecule has 0 atom stereocenters. The van der Waals surface area contributed by atoms with Crippen molar-refractivity contribution in [3.8, 4) is 5.75 Å². The van der Waals surface area contributed by atoms with E-state index in [4.69, 9.17) is 25.8 Å². The first-order valence-corrected chi connectivity index (χ1v) is 10.3. The molecular weight excluding hydrogens is 424 g/mol. The van der Waals surface area contributed by atoms with Gasteiger partial charge in [0, 0.05) is 20.6 Å². The van der Waals surface area contributed by atoms with Gasteiger partial charge in [0.2, 0.25) is 0 Å². The van der Waals surface area contributed by atoms with E-state index in [9.17, 15) is 9.59 Å². The SMILES string of the molecule is CCOC(=O)/C=C/Oc1ccc(/C(N)=C(\COC(=O)N(C)Cc2ccccc2)N(C)N)cc1. The number of hydrazine groups is 1. The van der Waals surface area contributed by atoms with Gasteiger partial charge in [0.1, 0.15) is 12.4 Å². The smallest absolute Gasteiger partial charge is 0.410 e. The van der Waals surface area contributed by atoms with Crippen LogP contribution in [0.1, 0.15) is 18.1 Å². The number of hydrogen-bond donors (Lipinski definition) is 2. The van der Waals surface area contributed by atoms with Gasteiger partial charge in [-0.05, 0) is 42.3 Å². The molecule has 0 fully saturated rings. The monoisotopic (exact) mass is 454 g/mol. The standard InChI is InChI=1S/C24H30N4O5/c1-4-31-22(29)14-15-32-20-12-10-19(11-13-20)23(25)21(28(3)26)17-33-24(30)27(2)16-18-8-6-5-7-9-18/h5-15H,4,16-17,25-26H2,1-3H3/b15-14+,23-21-. The molecule has 0 saturated carbocycles. The van der Waals surface area contributed by atoms with E-state index in [2.05, 4.69) is 0 Å². The van der Waals surface area contributed by atoms with Crippen LogP contribution in [0, 0.1) is 0 Å². The molecule has 0 aliphatic rings. The van der Waals surface area contributed by atoms with Crippen molar-refractivity contribution >= 4 is 17.8 Å². The van der Waals surface area contributed by atoms with Crippen molar-refractivity contribution in [2.45, 2.75) is 13.5 Å². The van der Waals surface area contributed by atoms with E-state index in [0.717, 1.165) is 5.56 Å². The third kappa shape index (κ3) is 8.23. The number of nitrogens with zero attached hydrogens (tertiary/aromatic N) is 2. The van der Waals surface area contributed by atoms with Crippen LogP contribution in [0.4, 0.5) is 4.79 Å². The maximum atomic E-state index is 12.4. The zero-order valence-electron chi connectivity index (χ0n) is 19.1. The highest BCUT2D eigenvalue weighted by atomic mass is 16.6. The summed E-state index contributed by atoms with van der Waals surface area (Å²) in [4.78, 5) is 25.2. The molecule has 2 rings (SSSR count). The molecule has 176 valence electrons. The van der Waals surface area contributed by atoms with Crippen molar-refractivity contribution in [1.29, 1.82) is 0 Å². The fourth-order valence-corrected chi connectivity index (χ4v) is 2.77. The minimum absolute atomic E-state index is 0.0999. The van der Waals surface area contributed by atoms with E-state index in [1.807, 2.05) is 30.3 Å². The molecule has 2 aromatic carbocycles. The van der Waals surface area contributed by atoms with Gasteiger partial charge in [0.05, 0.1) is 30.3 Å². The van der Waals surface area contributed by atoms with E-state index in [1.165, 1.54) is 22.2 Å². The molecule has 1 amide bonds. The van der Waals surface area contributed by atoms with Crippen LogP contribution in [-0.2, 0) is 20.8 Å². The van der Waals surface area contributed by atoms with Gasteiger partial charge >= 0.3 is 12.1 Å². The van der Waals surface area contributed by atoms with Gasteiger partial charge in [-0.3, -0.25) is 0 Å². The van der Waals surface area contributed by atoms with Crippen LogP contribution in [0.2, 0.25) is 0 Å². The first-order chi connectivity index (χ1) is 15.8. The van der Waals surface area contributed by atoms with Crippen molar-refractivity contribution in [3.05, 3.63) is 83.8 Å². The lowest BCUT2D eigenvalue weighted by atomic mass is 10.1. The van der Waals surface area contributed by atoms with Crippen LogP contribution < -0.4 is 16.3 Å². The third-order valence-electron chi connectivity index (χ3n) is 4.50. The van der Waals surface area contributed by atoms with E-state index in [1.54, 1.807) is 45.3 Å². The predicted molar refractivity (Wildman–Crippen MR) is 125 cm³/mol. The molecule has 0 radical (unpaired) electrons. The largest absolute Gasteiger partial charge is 0.465 e.